The van der Waals surface area contributed by atoms with Gasteiger partial charge in [-0.1, -0.05) is 43.7 Å². The van der Waals surface area contributed by atoms with Crippen LogP contribution >= 0.6 is 0 Å². The van der Waals surface area contributed by atoms with Crippen molar-refractivity contribution in [3.05, 3.63) is 95.3 Å². The van der Waals surface area contributed by atoms with E-state index < -0.39 is 27.8 Å². The smallest absolute Gasteiger partial charge is 0.325 e. The maximum atomic E-state index is 12.6. The van der Waals surface area contributed by atoms with Gasteiger partial charge >= 0.3 is 5.97 Å². The third-order valence-corrected chi connectivity index (χ3v) is 6.71. The number of unbranched alkanes of at least 4 members (excludes halogenated alkanes) is 1. The molecule has 0 saturated carbocycles. The van der Waals surface area contributed by atoms with Gasteiger partial charge in [-0.25, -0.2) is 13.1 Å². The number of benzene rings is 2. The minimum Gasteiger partial charge on any atom is -0.460 e. The molecule has 1 aromatic heterocycles. The predicted octanol–water partition coefficient (Wildman–Crippen LogP) is 2.20. The highest BCUT2D eigenvalue weighted by Gasteiger charge is 2.20. The quantitative estimate of drug-likeness (QED) is 0.228. The minimum absolute atomic E-state index is 0.0685. The number of sulfonamides is 1. The van der Waals surface area contributed by atoms with Gasteiger partial charge in [0.1, 0.15) is 18.8 Å². The number of carbonyl (C=O) groups is 4. The zero-order valence-corrected chi connectivity index (χ0v) is 22.0. The molecular formula is C27H28N4O7S. The Hall–Kier alpha value is -4.58. The normalized spacial score (nSPS) is 10.8. The van der Waals surface area contributed by atoms with Crippen molar-refractivity contribution in [2.75, 3.05) is 13.1 Å². The van der Waals surface area contributed by atoms with Crippen molar-refractivity contribution in [1.29, 1.82) is 0 Å². The molecule has 0 aliphatic rings. The molecule has 39 heavy (non-hydrogen) atoms. The summed E-state index contributed by atoms with van der Waals surface area (Å²) in [6.45, 7) is 2.20. The highest BCUT2D eigenvalue weighted by Crippen LogP contribution is 2.12. The molecule has 204 valence electrons. The van der Waals surface area contributed by atoms with E-state index in [0.29, 0.717) is 12.1 Å². The summed E-state index contributed by atoms with van der Waals surface area (Å²) in [5.74, 6) is -2.60. The Labute approximate surface area is 226 Å². The van der Waals surface area contributed by atoms with Crippen LogP contribution in [0.4, 0.5) is 0 Å². The molecule has 1 heterocycles. The SMILES string of the molecule is CCCCNC(=O)c1ccc(S(=O)(=O)NC(=O)c2ccc(C(=O)NCC(=O)OCc3ccccc3)nc2)cc1. The van der Waals surface area contributed by atoms with Crippen LogP contribution in [-0.2, 0) is 26.2 Å². The van der Waals surface area contributed by atoms with Gasteiger partial charge in [0.15, 0.2) is 0 Å². The van der Waals surface area contributed by atoms with Crippen LogP contribution < -0.4 is 15.4 Å². The van der Waals surface area contributed by atoms with E-state index in [9.17, 15) is 27.6 Å². The lowest BCUT2D eigenvalue weighted by atomic mass is 10.2. The van der Waals surface area contributed by atoms with Crippen LogP contribution in [0.15, 0.2) is 77.8 Å². The van der Waals surface area contributed by atoms with E-state index in [1.54, 1.807) is 12.1 Å². The maximum absolute atomic E-state index is 12.6. The lowest BCUT2D eigenvalue weighted by molar-refractivity contribution is -0.143. The average Bonchev–Trinajstić information content (AvgIpc) is 2.95. The van der Waals surface area contributed by atoms with Crippen molar-refractivity contribution in [1.82, 2.24) is 20.3 Å². The van der Waals surface area contributed by atoms with Gasteiger partial charge in [-0.05, 0) is 48.4 Å². The Kier molecular flexibility index (Phi) is 10.3. The predicted molar refractivity (Wildman–Crippen MR) is 141 cm³/mol. The number of pyridine rings is 1. The fourth-order valence-electron chi connectivity index (χ4n) is 3.20. The number of nitrogens with one attached hydrogen (secondary N) is 3. The number of esters is 1. The van der Waals surface area contributed by atoms with E-state index >= 15 is 0 Å². The number of aromatic nitrogens is 1. The molecular weight excluding hydrogens is 524 g/mol. The molecule has 3 rings (SSSR count). The molecule has 0 spiro atoms. The molecule has 2 aromatic carbocycles. The second-order valence-corrected chi connectivity index (χ2v) is 10.0. The second kappa shape index (κ2) is 13.8. The minimum atomic E-state index is -4.23. The number of nitrogens with zero attached hydrogens (tertiary/aromatic N) is 1. The highest BCUT2D eigenvalue weighted by molar-refractivity contribution is 7.90. The first-order valence-corrected chi connectivity index (χ1v) is 13.6. The number of hydrogen-bond donors (Lipinski definition) is 3. The van der Waals surface area contributed by atoms with Crippen molar-refractivity contribution < 1.29 is 32.3 Å². The summed E-state index contributed by atoms with van der Waals surface area (Å²) >= 11 is 0. The number of hydrogen-bond acceptors (Lipinski definition) is 8. The Morgan fingerprint density at radius 3 is 2.15 bits per heavy atom. The molecule has 0 saturated heterocycles. The van der Waals surface area contributed by atoms with Crippen LogP contribution in [0.5, 0.6) is 0 Å². The van der Waals surface area contributed by atoms with Gasteiger partial charge in [-0.15, -0.1) is 0 Å². The molecule has 0 bridgehead atoms. The molecule has 0 aliphatic heterocycles. The molecule has 3 amide bonds. The van der Waals surface area contributed by atoms with Crippen molar-refractivity contribution in [2.24, 2.45) is 0 Å². The Morgan fingerprint density at radius 2 is 1.51 bits per heavy atom. The summed E-state index contributed by atoms with van der Waals surface area (Å²) in [5.41, 5.74) is 0.901. The molecule has 0 unspecified atom stereocenters. The van der Waals surface area contributed by atoms with E-state index in [1.807, 2.05) is 29.8 Å². The summed E-state index contributed by atoms with van der Waals surface area (Å²) in [7, 11) is -4.23. The van der Waals surface area contributed by atoms with Crippen molar-refractivity contribution in [3.8, 4) is 0 Å². The van der Waals surface area contributed by atoms with Gasteiger partial charge in [0, 0.05) is 18.3 Å². The van der Waals surface area contributed by atoms with E-state index in [4.69, 9.17) is 4.74 Å². The van der Waals surface area contributed by atoms with Crippen LogP contribution in [0, 0.1) is 0 Å². The molecule has 0 fully saturated rings. The van der Waals surface area contributed by atoms with Gasteiger partial charge in [-0.3, -0.25) is 24.2 Å². The summed E-state index contributed by atoms with van der Waals surface area (Å²) in [6.07, 6.45) is 2.79. The van der Waals surface area contributed by atoms with Gasteiger partial charge in [0.05, 0.1) is 10.5 Å². The van der Waals surface area contributed by atoms with Crippen molar-refractivity contribution >= 4 is 33.7 Å². The summed E-state index contributed by atoms with van der Waals surface area (Å²) < 4.78 is 32.2. The van der Waals surface area contributed by atoms with E-state index in [0.717, 1.165) is 24.6 Å². The zero-order chi connectivity index (χ0) is 28.3. The van der Waals surface area contributed by atoms with Gasteiger partial charge in [0.25, 0.3) is 27.7 Å². The standard InChI is InChI=1S/C27H28N4O7S/c1-2-3-15-28-25(33)20-9-12-22(13-10-20)39(36,37)31-26(34)21-11-14-23(29-16-21)27(35)30-17-24(32)38-18-19-7-5-4-6-8-19/h4-14,16H,2-3,15,17-18H2,1H3,(H,28,33)(H,30,35)(H,31,34). The monoisotopic (exact) mass is 552 g/mol. The molecule has 11 nitrogen and oxygen atoms in total. The first-order chi connectivity index (χ1) is 18.7. The number of amides is 3. The van der Waals surface area contributed by atoms with Crippen LogP contribution in [-0.4, -0.2) is 50.2 Å². The van der Waals surface area contributed by atoms with Crippen molar-refractivity contribution in [2.45, 2.75) is 31.3 Å². The molecule has 0 aliphatic carbocycles. The molecule has 0 radical (unpaired) electrons. The van der Waals surface area contributed by atoms with E-state index in [2.05, 4.69) is 15.6 Å². The molecule has 3 N–H and O–H groups in total. The molecule has 12 heteroatoms. The Morgan fingerprint density at radius 1 is 0.821 bits per heavy atom. The van der Waals surface area contributed by atoms with E-state index in [-0.39, 0.29) is 35.2 Å². The first kappa shape index (κ1) is 29.0. The lowest BCUT2D eigenvalue weighted by Crippen LogP contribution is -2.32. The fourth-order valence-corrected chi connectivity index (χ4v) is 4.17. The Bertz CT molecular complexity index is 1410. The third kappa shape index (κ3) is 8.75. The average molecular weight is 553 g/mol. The van der Waals surface area contributed by atoms with Gasteiger partial charge in [-0.2, -0.15) is 0 Å². The molecule has 3 aromatic rings. The highest BCUT2D eigenvalue weighted by atomic mass is 32.2. The van der Waals surface area contributed by atoms with Crippen LogP contribution in [0.25, 0.3) is 0 Å². The largest absolute Gasteiger partial charge is 0.460 e. The van der Waals surface area contributed by atoms with Gasteiger partial charge in [0.2, 0.25) is 0 Å². The summed E-state index contributed by atoms with van der Waals surface area (Å²) in [4.78, 5) is 52.4. The lowest BCUT2D eigenvalue weighted by Gasteiger charge is -2.09. The zero-order valence-electron chi connectivity index (χ0n) is 21.2. The Balaban J connectivity index is 1.51. The first-order valence-electron chi connectivity index (χ1n) is 12.1. The number of carbonyl (C=O) groups excluding carboxylic acids is 4. The van der Waals surface area contributed by atoms with E-state index in [1.165, 1.54) is 36.4 Å². The van der Waals surface area contributed by atoms with Crippen LogP contribution in [0.3, 0.4) is 0 Å². The maximum Gasteiger partial charge on any atom is 0.325 e. The molecule has 0 atom stereocenters. The number of ether oxygens (including phenoxy) is 1. The van der Waals surface area contributed by atoms with Gasteiger partial charge < -0.3 is 15.4 Å². The third-order valence-electron chi connectivity index (χ3n) is 5.36. The second-order valence-electron chi connectivity index (χ2n) is 8.33. The van der Waals surface area contributed by atoms with Crippen LogP contribution in [0.1, 0.15) is 56.5 Å². The fraction of sp³-hybridized carbons (Fsp3) is 0.222. The summed E-state index contributed by atoms with van der Waals surface area (Å²) in [5, 5.41) is 5.10. The van der Waals surface area contributed by atoms with Crippen molar-refractivity contribution in [3.63, 3.8) is 0 Å². The van der Waals surface area contributed by atoms with Crippen LogP contribution in [0.2, 0.25) is 0 Å². The number of rotatable bonds is 12. The summed E-state index contributed by atoms with van der Waals surface area (Å²) in [6, 6.07) is 16.6. The topological polar surface area (TPSA) is 161 Å².